The highest BCUT2D eigenvalue weighted by Crippen LogP contribution is 2.29. The van der Waals surface area contributed by atoms with E-state index in [0.717, 1.165) is 12.5 Å². The highest BCUT2D eigenvalue weighted by Gasteiger charge is 2.23. The molecule has 1 aromatic carbocycles. The van der Waals surface area contributed by atoms with Gasteiger partial charge < -0.3 is 5.32 Å². The molecule has 0 spiro atoms. The Bertz CT molecular complexity index is 316. The molecule has 1 unspecified atom stereocenters. The first-order valence-corrected chi connectivity index (χ1v) is 7.38. The van der Waals surface area contributed by atoms with Gasteiger partial charge in [-0.05, 0) is 49.6 Å². The standard InChI is InChI=1S/C14H21NS/c1-11(13-4-3-5-13)15-10-12-6-8-14(16-2)9-7-12/h6-9,11,13,15H,3-5,10H2,1-2H3. The predicted molar refractivity (Wildman–Crippen MR) is 71.9 cm³/mol. The van der Waals surface area contributed by atoms with Crippen molar-refractivity contribution in [1.82, 2.24) is 5.32 Å². The average molecular weight is 235 g/mol. The van der Waals surface area contributed by atoms with Crippen LogP contribution in [0.4, 0.5) is 0 Å². The zero-order chi connectivity index (χ0) is 11.4. The summed E-state index contributed by atoms with van der Waals surface area (Å²) in [6, 6.07) is 9.54. The van der Waals surface area contributed by atoms with Crippen molar-refractivity contribution < 1.29 is 0 Å². The van der Waals surface area contributed by atoms with E-state index in [-0.39, 0.29) is 0 Å². The number of hydrogen-bond donors (Lipinski definition) is 1. The van der Waals surface area contributed by atoms with E-state index in [1.54, 1.807) is 11.8 Å². The van der Waals surface area contributed by atoms with Crippen molar-refractivity contribution in [2.24, 2.45) is 5.92 Å². The van der Waals surface area contributed by atoms with Gasteiger partial charge in [-0.3, -0.25) is 0 Å². The van der Waals surface area contributed by atoms with Crippen LogP contribution < -0.4 is 5.32 Å². The molecular formula is C14H21NS. The van der Waals surface area contributed by atoms with Gasteiger partial charge in [0.1, 0.15) is 0 Å². The molecule has 1 saturated carbocycles. The molecule has 1 atom stereocenters. The molecule has 1 aliphatic rings. The first-order valence-electron chi connectivity index (χ1n) is 6.16. The van der Waals surface area contributed by atoms with Crippen molar-refractivity contribution in [3.8, 4) is 0 Å². The van der Waals surface area contributed by atoms with E-state index in [1.165, 1.54) is 29.7 Å². The van der Waals surface area contributed by atoms with E-state index in [0.29, 0.717) is 6.04 Å². The Morgan fingerprint density at radius 2 is 2.00 bits per heavy atom. The Balaban J connectivity index is 1.79. The largest absolute Gasteiger partial charge is 0.310 e. The zero-order valence-electron chi connectivity index (χ0n) is 10.2. The smallest absolute Gasteiger partial charge is 0.0208 e. The molecule has 1 nitrogen and oxygen atoms in total. The molecule has 1 aliphatic carbocycles. The Labute approximate surface area is 103 Å². The van der Waals surface area contributed by atoms with Crippen molar-refractivity contribution in [1.29, 1.82) is 0 Å². The third-order valence-electron chi connectivity index (χ3n) is 3.64. The maximum Gasteiger partial charge on any atom is 0.0208 e. The summed E-state index contributed by atoms with van der Waals surface area (Å²) in [6.45, 7) is 3.33. The summed E-state index contributed by atoms with van der Waals surface area (Å²) in [4.78, 5) is 1.34. The first-order chi connectivity index (χ1) is 7.79. The summed E-state index contributed by atoms with van der Waals surface area (Å²) < 4.78 is 0. The van der Waals surface area contributed by atoms with E-state index in [1.807, 2.05) is 0 Å². The lowest BCUT2D eigenvalue weighted by molar-refractivity contribution is 0.240. The number of hydrogen-bond acceptors (Lipinski definition) is 2. The van der Waals surface area contributed by atoms with Gasteiger partial charge in [-0.25, -0.2) is 0 Å². The molecule has 0 aromatic heterocycles. The highest BCUT2D eigenvalue weighted by atomic mass is 32.2. The Morgan fingerprint density at radius 1 is 1.31 bits per heavy atom. The lowest BCUT2D eigenvalue weighted by Crippen LogP contribution is -2.36. The van der Waals surface area contributed by atoms with Gasteiger partial charge in [0, 0.05) is 17.5 Å². The van der Waals surface area contributed by atoms with Crippen LogP contribution in [0, 0.1) is 5.92 Å². The second-order valence-electron chi connectivity index (χ2n) is 4.71. The van der Waals surface area contributed by atoms with Crippen LogP contribution in [0.5, 0.6) is 0 Å². The van der Waals surface area contributed by atoms with Crippen LogP contribution in [0.1, 0.15) is 31.7 Å². The molecule has 0 aliphatic heterocycles. The van der Waals surface area contributed by atoms with Crippen LogP contribution in [0.3, 0.4) is 0 Å². The van der Waals surface area contributed by atoms with Crippen molar-refractivity contribution in [3.63, 3.8) is 0 Å². The molecule has 1 aromatic rings. The summed E-state index contributed by atoms with van der Waals surface area (Å²) in [6.07, 6.45) is 6.38. The SMILES string of the molecule is CSc1ccc(CNC(C)C2CCC2)cc1. The molecule has 16 heavy (non-hydrogen) atoms. The number of thioether (sulfide) groups is 1. The van der Waals surface area contributed by atoms with Crippen molar-refractivity contribution in [3.05, 3.63) is 29.8 Å². The van der Waals surface area contributed by atoms with Crippen LogP contribution in [0.2, 0.25) is 0 Å². The molecule has 88 valence electrons. The fraction of sp³-hybridized carbons (Fsp3) is 0.571. The second-order valence-corrected chi connectivity index (χ2v) is 5.59. The van der Waals surface area contributed by atoms with E-state index < -0.39 is 0 Å². The Hall–Kier alpha value is -0.470. The normalized spacial score (nSPS) is 18.1. The summed E-state index contributed by atoms with van der Waals surface area (Å²) in [5.74, 6) is 0.922. The Kier molecular flexibility index (Phi) is 4.30. The molecular weight excluding hydrogens is 214 g/mol. The van der Waals surface area contributed by atoms with Gasteiger partial charge in [0.25, 0.3) is 0 Å². The molecule has 1 fully saturated rings. The van der Waals surface area contributed by atoms with Crippen LogP contribution in [0.15, 0.2) is 29.2 Å². The van der Waals surface area contributed by atoms with Gasteiger partial charge >= 0.3 is 0 Å². The van der Waals surface area contributed by atoms with Crippen LogP contribution >= 0.6 is 11.8 Å². The summed E-state index contributed by atoms with van der Waals surface area (Å²) in [5.41, 5.74) is 1.39. The topological polar surface area (TPSA) is 12.0 Å². The molecule has 0 radical (unpaired) electrons. The van der Waals surface area contributed by atoms with Crippen LogP contribution in [-0.2, 0) is 6.54 Å². The molecule has 2 heteroatoms. The van der Waals surface area contributed by atoms with E-state index >= 15 is 0 Å². The van der Waals surface area contributed by atoms with E-state index in [2.05, 4.69) is 42.8 Å². The van der Waals surface area contributed by atoms with Gasteiger partial charge in [0.2, 0.25) is 0 Å². The minimum absolute atomic E-state index is 0.675. The van der Waals surface area contributed by atoms with E-state index in [9.17, 15) is 0 Å². The second kappa shape index (κ2) is 5.74. The van der Waals surface area contributed by atoms with Crippen molar-refractivity contribution in [2.75, 3.05) is 6.26 Å². The number of nitrogens with one attached hydrogen (secondary N) is 1. The molecule has 0 bridgehead atoms. The number of rotatable bonds is 5. The maximum atomic E-state index is 3.63. The fourth-order valence-corrected chi connectivity index (χ4v) is 2.54. The zero-order valence-corrected chi connectivity index (χ0v) is 11.0. The van der Waals surface area contributed by atoms with Gasteiger partial charge in [0.15, 0.2) is 0 Å². The average Bonchev–Trinajstić information content (AvgIpc) is 2.25. The predicted octanol–water partition coefficient (Wildman–Crippen LogP) is 3.69. The van der Waals surface area contributed by atoms with Crippen molar-refractivity contribution >= 4 is 11.8 Å². The van der Waals surface area contributed by atoms with Gasteiger partial charge in [0.05, 0.1) is 0 Å². The van der Waals surface area contributed by atoms with Gasteiger partial charge in [-0.15, -0.1) is 11.8 Å². The lowest BCUT2D eigenvalue weighted by atomic mass is 9.80. The third-order valence-corrected chi connectivity index (χ3v) is 4.39. The molecule has 0 amide bonds. The van der Waals surface area contributed by atoms with Gasteiger partial charge in [-0.1, -0.05) is 18.6 Å². The lowest BCUT2D eigenvalue weighted by Gasteiger charge is -2.32. The van der Waals surface area contributed by atoms with E-state index in [4.69, 9.17) is 0 Å². The van der Waals surface area contributed by atoms with Crippen LogP contribution in [-0.4, -0.2) is 12.3 Å². The summed E-state index contributed by atoms with van der Waals surface area (Å²) in [7, 11) is 0. The number of benzene rings is 1. The molecule has 0 saturated heterocycles. The quantitative estimate of drug-likeness (QED) is 0.781. The maximum absolute atomic E-state index is 3.63. The van der Waals surface area contributed by atoms with Crippen LogP contribution in [0.25, 0.3) is 0 Å². The fourth-order valence-electron chi connectivity index (χ4n) is 2.13. The van der Waals surface area contributed by atoms with Crippen molar-refractivity contribution in [2.45, 2.75) is 43.7 Å². The monoisotopic (exact) mass is 235 g/mol. The minimum atomic E-state index is 0.675. The molecule has 2 rings (SSSR count). The first kappa shape index (κ1) is 12.0. The minimum Gasteiger partial charge on any atom is -0.310 e. The van der Waals surface area contributed by atoms with Gasteiger partial charge in [-0.2, -0.15) is 0 Å². The summed E-state index contributed by atoms with van der Waals surface area (Å²) >= 11 is 1.80. The molecule has 1 N–H and O–H groups in total. The summed E-state index contributed by atoms with van der Waals surface area (Å²) in [5, 5.41) is 3.63. The highest BCUT2D eigenvalue weighted by molar-refractivity contribution is 7.98. The third kappa shape index (κ3) is 3.02. The molecule has 0 heterocycles. The Morgan fingerprint density at radius 3 is 2.50 bits per heavy atom.